The number of alkyl halides is 1. The molecule has 2 heteroatoms. The summed E-state index contributed by atoms with van der Waals surface area (Å²) in [4.78, 5) is 0. The first-order chi connectivity index (χ1) is 3.27. The quantitative estimate of drug-likeness (QED) is 0.590. The summed E-state index contributed by atoms with van der Waals surface area (Å²) in [7, 11) is 0. The van der Waals surface area contributed by atoms with Crippen molar-refractivity contribution in [3.05, 3.63) is 11.1 Å². The van der Waals surface area contributed by atoms with Crippen molar-refractivity contribution in [1.29, 1.82) is 0 Å². The van der Waals surface area contributed by atoms with Gasteiger partial charge in [-0.2, -0.15) is 0 Å². The van der Waals surface area contributed by atoms with Crippen molar-refractivity contribution in [1.82, 2.24) is 0 Å². The lowest BCUT2D eigenvalue weighted by atomic mass is 10.3. The van der Waals surface area contributed by atoms with Crippen molar-refractivity contribution in [3.8, 4) is 0 Å². The number of rotatable bonds is 3. The van der Waals surface area contributed by atoms with Gasteiger partial charge in [0.25, 0.3) is 0 Å². The molecule has 0 aromatic heterocycles. The summed E-state index contributed by atoms with van der Waals surface area (Å²) in [6.45, 7) is 3.65. The van der Waals surface area contributed by atoms with E-state index in [4.69, 9.17) is 11.6 Å². The molecule has 0 aromatic rings. The van der Waals surface area contributed by atoms with Crippen LogP contribution in [0.5, 0.6) is 0 Å². The molecule has 0 aliphatic heterocycles. The van der Waals surface area contributed by atoms with Crippen molar-refractivity contribution < 1.29 is 0 Å². The van der Waals surface area contributed by atoms with Gasteiger partial charge in [0.1, 0.15) is 0 Å². The Hall–Kier alpha value is 0.510. The first-order valence-corrected chi connectivity index (χ1v) is 3.49. The van der Waals surface area contributed by atoms with Gasteiger partial charge in [-0.1, -0.05) is 22.5 Å². The van der Waals surface area contributed by atoms with Gasteiger partial charge >= 0.3 is 0 Å². The van der Waals surface area contributed by atoms with Gasteiger partial charge in [-0.05, 0) is 17.3 Å². The van der Waals surface area contributed by atoms with Crippen LogP contribution in [0.25, 0.3) is 0 Å². The van der Waals surface area contributed by atoms with Crippen LogP contribution in [0.2, 0.25) is 0 Å². The molecule has 0 rings (SSSR count). The lowest BCUT2D eigenvalue weighted by Gasteiger charge is -1.88. The molecule has 0 unspecified atom stereocenters. The molecule has 0 aromatic carbocycles. The first-order valence-electron chi connectivity index (χ1n) is 2.16. The fourth-order valence-electron chi connectivity index (χ4n) is 0.259. The van der Waals surface area contributed by atoms with Crippen molar-refractivity contribution >= 4 is 27.5 Å². The minimum atomic E-state index is 0.727. The Bertz CT molecular complexity index is 61.1. The molecule has 0 heterocycles. The van der Waals surface area contributed by atoms with E-state index in [1.807, 2.05) is 0 Å². The summed E-state index contributed by atoms with van der Waals surface area (Å²) in [5.74, 6) is 0.727. The molecule has 0 saturated carbocycles. The summed E-state index contributed by atoms with van der Waals surface area (Å²) in [6, 6.07) is 0. The molecule has 0 saturated heterocycles. The van der Waals surface area contributed by atoms with Crippen molar-refractivity contribution in [2.24, 2.45) is 0 Å². The maximum Gasteiger partial charge on any atom is 0.0226 e. The van der Waals surface area contributed by atoms with E-state index in [1.54, 1.807) is 0 Å². The van der Waals surface area contributed by atoms with Gasteiger partial charge in [0.2, 0.25) is 0 Å². The summed E-state index contributed by atoms with van der Waals surface area (Å²) in [5.41, 5.74) is 0. The van der Waals surface area contributed by atoms with Gasteiger partial charge in [0, 0.05) is 5.88 Å². The van der Waals surface area contributed by atoms with E-state index in [0.29, 0.717) is 0 Å². The zero-order chi connectivity index (χ0) is 5.70. The van der Waals surface area contributed by atoms with Crippen LogP contribution in [0.3, 0.4) is 0 Å². The molecule has 0 aliphatic rings. The van der Waals surface area contributed by atoms with Crippen LogP contribution >= 0.6 is 27.5 Å². The van der Waals surface area contributed by atoms with Gasteiger partial charge in [-0.25, -0.2) is 0 Å². The molecule has 0 nitrogen and oxygen atoms in total. The predicted molar refractivity (Wildman–Crippen MR) is 38.0 cm³/mol. The van der Waals surface area contributed by atoms with E-state index >= 15 is 0 Å². The molecule has 0 bridgehead atoms. The Morgan fingerprint density at radius 3 is 2.43 bits per heavy atom. The van der Waals surface area contributed by atoms with Gasteiger partial charge in [-0.15, -0.1) is 11.6 Å². The smallest absolute Gasteiger partial charge is 0.0226 e. The fourth-order valence-corrected chi connectivity index (χ4v) is 0.673. The van der Waals surface area contributed by atoms with Crippen LogP contribution in [-0.4, -0.2) is 5.88 Å². The molecule has 0 spiro atoms. The fraction of sp³-hybridized carbons (Fsp3) is 0.600. The molecule has 0 aliphatic carbocycles. The summed E-state index contributed by atoms with van der Waals surface area (Å²) < 4.78 is 1.04. The maximum absolute atomic E-state index is 5.38. The van der Waals surface area contributed by atoms with Gasteiger partial charge < -0.3 is 0 Å². The number of hydrogen-bond acceptors (Lipinski definition) is 0. The van der Waals surface area contributed by atoms with E-state index in [9.17, 15) is 0 Å². The monoisotopic (exact) mass is 182 g/mol. The minimum Gasteiger partial charge on any atom is -0.127 e. The van der Waals surface area contributed by atoms with Crippen molar-refractivity contribution in [2.75, 3.05) is 5.88 Å². The molecule has 42 valence electrons. The van der Waals surface area contributed by atoms with Gasteiger partial charge in [0.05, 0.1) is 0 Å². The molecule has 0 N–H and O–H groups in total. The standard InChI is InChI=1S/C5H8BrCl/c1-5(6)3-2-4-7/h1-4H2. The molecule has 0 amide bonds. The van der Waals surface area contributed by atoms with E-state index in [0.717, 1.165) is 23.2 Å². The molecule has 7 heavy (non-hydrogen) atoms. The van der Waals surface area contributed by atoms with Crippen LogP contribution in [0, 0.1) is 0 Å². The Labute approximate surface area is 57.7 Å². The second-order valence-corrected chi connectivity index (χ2v) is 2.81. The van der Waals surface area contributed by atoms with Crippen LogP contribution in [0.1, 0.15) is 12.8 Å². The molecular formula is C5H8BrCl. The zero-order valence-corrected chi connectivity index (χ0v) is 6.43. The van der Waals surface area contributed by atoms with Gasteiger partial charge in [-0.3, -0.25) is 0 Å². The predicted octanol–water partition coefficient (Wildman–Crippen LogP) is 2.91. The minimum absolute atomic E-state index is 0.727. The SMILES string of the molecule is C=C(Br)CCCCl. The Morgan fingerprint density at radius 1 is 1.71 bits per heavy atom. The highest BCUT2D eigenvalue weighted by Gasteiger charge is 1.84. The number of halogens is 2. The van der Waals surface area contributed by atoms with E-state index < -0.39 is 0 Å². The zero-order valence-electron chi connectivity index (χ0n) is 4.08. The van der Waals surface area contributed by atoms with E-state index in [2.05, 4.69) is 22.5 Å². The van der Waals surface area contributed by atoms with Crippen molar-refractivity contribution in [3.63, 3.8) is 0 Å². The van der Waals surface area contributed by atoms with Crippen LogP contribution in [0.15, 0.2) is 11.1 Å². The third kappa shape index (κ3) is 6.51. The van der Waals surface area contributed by atoms with E-state index in [1.165, 1.54) is 0 Å². The third-order valence-corrected chi connectivity index (χ3v) is 1.25. The lowest BCUT2D eigenvalue weighted by Crippen LogP contribution is -1.72. The second kappa shape index (κ2) is 4.66. The topological polar surface area (TPSA) is 0 Å². The average molecular weight is 183 g/mol. The Morgan fingerprint density at radius 2 is 2.29 bits per heavy atom. The Kier molecular flexibility index (Phi) is 5.00. The first kappa shape index (κ1) is 7.51. The largest absolute Gasteiger partial charge is 0.127 e. The maximum atomic E-state index is 5.38. The molecule has 0 atom stereocenters. The van der Waals surface area contributed by atoms with Crippen molar-refractivity contribution in [2.45, 2.75) is 12.8 Å². The summed E-state index contributed by atoms with van der Waals surface area (Å²) in [5, 5.41) is 0. The number of hydrogen-bond donors (Lipinski definition) is 0. The van der Waals surface area contributed by atoms with E-state index in [-0.39, 0.29) is 0 Å². The van der Waals surface area contributed by atoms with Gasteiger partial charge in [0.15, 0.2) is 0 Å². The highest BCUT2D eigenvalue weighted by Crippen LogP contribution is 2.08. The second-order valence-electron chi connectivity index (χ2n) is 1.31. The highest BCUT2D eigenvalue weighted by molar-refractivity contribution is 9.11. The average Bonchev–Trinajstić information content (AvgIpc) is 1.61. The number of allylic oxidation sites excluding steroid dienone is 1. The van der Waals surface area contributed by atoms with Crippen LogP contribution in [0.4, 0.5) is 0 Å². The lowest BCUT2D eigenvalue weighted by molar-refractivity contribution is 0.961. The normalized spacial score (nSPS) is 8.86. The van der Waals surface area contributed by atoms with Crippen LogP contribution in [-0.2, 0) is 0 Å². The summed E-state index contributed by atoms with van der Waals surface area (Å²) >= 11 is 8.61. The highest BCUT2D eigenvalue weighted by atomic mass is 79.9. The van der Waals surface area contributed by atoms with Crippen LogP contribution < -0.4 is 0 Å². The molecule has 0 fully saturated rings. The molecule has 0 radical (unpaired) electrons. The Balaban J connectivity index is 2.82. The third-order valence-electron chi connectivity index (χ3n) is 0.582. The molecular weight excluding hydrogens is 175 g/mol. The summed E-state index contributed by atoms with van der Waals surface area (Å²) in [6.07, 6.45) is 2.01.